The van der Waals surface area contributed by atoms with Crippen LogP contribution in [0.4, 0.5) is 10.1 Å². The first kappa shape index (κ1) is 22.3. The monoisotopic (exact) mass is 468 g/mol. The molecule has 1 amide bonds. The van der Waals surface area contributed by atoms with Crippen molar-refractivity contribution in [1.82, 2.24) is 14.5 Å². The van der Waals surface area contributed by atoms with E-state index in [1.165, 1.54) is 23.9 Å². The molecule has 2 heterocycles. The quantitative estimate of drug-likeness (QED) is 0.318. The van der Waals surface area contributed by atoms with Gasteiger partial charge in [-0.1, -0.05) is 48.5 Å². The van der Waals surface area contributed by atoms with Gasteiger partial charge in [0.1, 0.15) is 17.4 Å². The number of aromatic nitrogens is 3. The maximum Gasteiger partial charge on any atom is 0.247 e. The number of benzene rings is 2. The van der Waals surface area contributed by atoms with Gasteiger partial charge in [0.15, 0.2) is 10.8 Å². The molecule has 2 aromatic heterocycles. The van der Waals surface area contributed by atoms with Gasteiger partial charge in [-0.05, 0) is 60.9 Å². The minimum absolute atomic E-state index is 0.166. The Bertz CT molecular complexity index is 1260. The number of aryl methyl sites for hydroxylation is 1. The lowest BCUT2D eigenvalue weighted by Gasteiger charge is -2.19. The average Bonchev–Trinajstić information content (AvgIpc) is 3.15. The predicted molar refractivity (Wildman–Crippen MR) is 128 cm³/mol. The van der Waals surface area contributed by atoms with E-state index in [0.717, 1.165) is 16.6 Å². The first-order chi connectivity index (χ1) is 15.5. The molecule has 5 nitrogen and oxygen atoms in total. The highest BCUT2D eigenvalue weighted by molar-refractivity contribution is 7.98. The predicted octanol–water partition coefficient (Wildman–Crippen LogP) is 6.41. The zero-order valence-electron chi connectivity index (χ0n) is 17.7. The van der Waals surface area contributed by atoms with Crippen LogP contribution in [0.2, 0.25) is 5.02 Å². The molecule has 8 heteroatoms. The molecule has 4 rings (SSSR count). The fourth-order valence-electron chi connectivity index (χ4n) is 3.40. The fourth-order valence-corrected chi connectivity index (χ4v) is 4.59. The van der Waals surface area contributed by atoms with Crippen molar-refractivity contribution in [2.75, 3.05) is 5.32 Å². The number of hydrogen-bond donors (Lipinski definition) is 1. The zero-order chi connectivity index (χ0) is 22.7. The van der Waals surface area contributed by atoms with Crippen LogP contribution in [0.5, 0.6) is 0 Å². The standard InChI is InChI=1S/C24H22ClFN4OS/c1-3-21(23(31)28-18-11-6-15(2)19(25)13-18)30-22-20(5-4-12-27-22)29-24(30)32-14-16-7-9-17(26)10-8-16/h4-13,21H,3,14H2,1-2H3,(H,28,31)/t21-/m0/s1. The SMILES string of the molecule is CC[C@@H](C(=O)Nc1ccc(C)c(Cl)c1)n1c(SCc2ccc(F)cc2)nc2cccnc21. The number of carbonyl (C=O) groups is 1. The summed E-state index contributed by atoms with van der Waals surface area (Å²) in [6.07, 6.45) is 2.25. The topological polar surface area (TPSA) is 59.8 Å². The number of amides is 1. The van der Waals surface area contributed by atoms with E-state index in [2.05, 4.69) is 10.3 Å². The molecule has 0 unspecified atom stereocenters. The van der Waals surface area contributed by atoms with Crippen LogP contribution < -0.4 is 5.32 Å². The second-order valence-electron chi connectivity index (χ2n) is 7.40. The second kappa shape index (κ2) is 9.71. The summed E-state index contributed by atoms with van der Waals surface area (Å²) in [6.45, 7) is 3.87. The van der Waals surface area contributed by atoms with E-state index in [9.17, 15) is 9.18 Å². The first-order valence-electron chi connectivity index (χ1n) is 10.2. The van der Waals surface area contributed by atoms with Gasteiger partial charge >= 0.3 is 0 Å². The van der Waals surface area contributed by atoms with Gasteiger partial charge in [0.2, 0.25) is 5.91 Å². The van der Waals surface area contributed by atoms with Crippen LogP contribution in [0.15, 0.2) is 66.0 Å². The molecule has 0 bridgehead atoms. The van der Waals surface area contributed by atoms with Crippen LogP contribution in [-0.4, -0.2) is 20.4 Å². The second-order valence-corrected chi connectivity index (χ2v) is 8.75. The Hall–Kier alpha value is -2.90. The maximum absolute atomic E-state index is 13.3. The Morgan fingerprint density at radius 3 is 2.72 bits per heavy atom. The van der Waals surface area contributed by atoms with Gasteiger partial charge in [-0.2, -0.15) is 0 Å². The lowest BCUT2D eigenvalue weighted by atomic mass is 10.2. The number of carbonyl (C=O) groups excluding carboxylic acids is 1. The average molecular weight is 469 g/mol. The zero-order valence-corrected chi connectivity index (χ0v) is 19.3. The third-order valence-corrected chi connectivity index (χ3v) is 6.57. The van der Waals surface area contributed by atoms with E-state index < -0.39 is 6.04 Å². The summed E-state index contributed by atoms with van der Waals surface area (Å²) < 4.78 is 15.1. The molecule has 1 N–H and O–H groups in total. The van der Waals surface area contributed by atoms with Crippen LogP contribution in [0, 0.1) is 12.7 Å². The molecule has 4 aromatic rings. The minimum Gasteiger partial charge on any atom is -0.324 e. The van der Waals surface area contributed by atoms with E-state index in [1.54, 1.807) is 24.4 Å². The number of imidazole rings is 1. The van der Waals surface area contributed by atoms with Crippen molar-refractivity contribution in [3.05, 3.63) is 82.8 Å². The first-order valence-corrected chi connectivity index (χ1v) is 11.6. The van der Waals surface area contributed by atoms with Crippen molar-refractivity contribution in [1.29, 1.82) is 0 Å². The van der Waals surface area contributed by atoms with Crippen LogP contribution in [-0.2, 0) is 10.5 Å². The van der Waals surface area contributed by atoms with Crippen LogP contribution in [0.25, 0.3) is 11.2 Å². The van der Waals surface area contributed by atoms with Crippen molar-refractivity contribution in [3.63, 3.8) is 0 Å². The van der Waals surface area contributed by atoms with Crippen molar-refractivity contribution in [2.24, 2.45) is 0 Å². The lowest BCUT2D eigenvalue weighted by Crippen LogP contribution is -2.26. The molecule has 0 radical (unpaired) electrons. The number of rotatable bonds is 7. The minimum atomic E-state index is -0.509. The molecule has 0 aliphatic carbocycles. The van der Waals surface area contributed by atoms with Gasteiger partial charge in [0.25, 0.3) is 0 Å². The molecular formula is C24H22ClFN4OS. The van der Waals surface area contributed by atoms with Gasteiger partial charge < -0.3 is 5.32 Å². The Morgan fingerprint density at radius 1 is 1.22 bits per heavy atom. The molecule has 1 atom stereocenters. The van der Waals surface area contributed by atoms with Crippen molar-refractivity contribution >= 4 is 46.1 Å². The lowest BCUT2D eigenvalue weighted by molar-refractivity contribution is -0.119. The maximum atomic E-state index is 13.3. The summed E-state index contributed by atoms with van der Waals surface area (Å²) in [5, 5.41) is 4.26. The highest BCUT2D eigenvalue weighted by atomic mass is 35.5. The molecule has 0 aliphatic heterocycles. The van der Waals surface area contributed by atoms with Crippen molar-refractivity contribution in [2.45, 2.75) is 37.2 Å². The molecule has 164 valence electrons. The molecule has 0 aliphatic rings. The normalized spacial score (nSPS) is 12.1. The van der Waals surface area contributed by atoms with E-state index in [1.807, 2.05) is 42.7 Å². The molecule has 0 saturated carbocycles. The number of fused-ring (bicyclic) bond motifs is 1. The molecule has 0 saturated heterocycles. The van der Waals surface area contributed by atoms with E-state index in [-0.39, 0.29) is 11.7 Å². The molecule has 32 heavy (non-hydrogen) atoms. The van der Waals surface area contributed by atoms with E-state index >= 15 is 0 Å². The summed E-state index contributed by atoms with van der Waals surface area (Å²) in [7, 11) is 0. The van der Waals surface area contributed by atoms with E-state index in [0.29, 0.717) is 33.7 Å². The van der Waals surface area contributed by atoms with Crippen molar-refractivity contribution in [3.8, 4) is 0 Å². The van der Waals surface area contributed by atoms with E-state index in [4.69, 9.17) is 16.6 Å². The van der Waals surface area contributed by atoms with Gasteiger partial charge in [-0.3, -0.25) is 9.36 Å². The summed E-state index contributed by atoms with van der Waals surface area (Å²) in [6, 6.07) is 15.0. The van der Waals surface area contributed by atoms with Crippen molar-refractivity contribution < 1.29 is 9.18 Å². The highest BCUT2D eigenvalue weighted by Gasteiger charge is 2.25. The van der Waals surface area contributed by atoms with Gasteiger partial charge in [-0.15, -0.1) is 0 Å². The number of nitrogens with zero attached hydrogens (tertiary/aromatic N) is 3. The number of hydrogen-bond acceptors (Lipinski definition) is 4. The number of nitrogens with one attached hydrogen (secondary N) is 1. The van der Waals surface area contributed by atoms with Crippen LogP contribution >= 0.6 is 23.4 Å². The fraction of sp³-hybridized carbons (Fsp3) is 0.208. The summed E-state index contributed by atoms with van der Waals surface area (Å²) >= 11 is 7.71. The highest BCUT2D eigenvalue weighted by Crippen LogP contribution is 2.31. The summed E-state index contributed by atoms with van der Waals surface area (Å²) in [5.74, 6) is 0.157. The van der Waals surface area contributed by atoms with Gasteiger partial charge in [0, 0.05) is 22.7 Å². The number of halogens is 2. The number of pyridine rings is 1. The van der Waals surface area contributed by atoms with Gasteiger partial charge in [-0.25, -0.2) is 14.4 Å². The summed E-state index contributed by atoms with van der Waals surface area (Å²) in [5.41, 5.74) is 3.93. The Balaban J connectivity index is 1.65. The Labute approximate surface area is 195 Å². The molecule has 0 fully saturated rings. The molecule has 0 spiro atoms. The van der Waals surface area contributed by atoms with Gasteiger partial charge in [0.05, 0.1) is 0 Å². The number of anilines is 1. The number of thioether (sulfide) groups is 1. The Kier molecular flexibility index (Phi) is 6.77. The third-order valence-electron chi connectivity index (χ3n) is 5.14. The largest absolute Gasteiger partial charge is 0.324 e. The summed E-state index contributed by atoms with van der Waals surface area (Å²) in [4.78, 5) is 22.5. The molecular weight excluding hydrogens is 447 g/mol. The Morgan fingerprint density at radius 2 is 2.00 bits per heavy atom. The molecule has 2 aromatic carbocycles. The smallest absolute Gasteiger partial charge is 0.247 e. The van der Waals surface area contributed by atoms with Crippen LogP contribution in [0.1, 0.15) is 30.5 Å². The van der Waals surface area contributed by atoms with Crippen LogP contribution in [0.3, 0.4) is 0 Å². The third kappa shape index (κ3) is 4.79.